The van der Waals surface area contributed by atoms with Gasteiger partial charge in [-0.15, -0.1) is 0 Å². The third-order valence-electron chi connectivity index (χ3n) is 5.63. The molecule has 1 aromatic carbocycles. The van der Waals surface area contributed by atoms with E-state index in [1.807, 2.05) is 36.4 Å². The van der Waals surface area contributed by atoms with E-state index in [9.17, 15) is 19.3 Å². The Morgan fingerprint density at radius 2 is 1.94 bits per heavy atom. The quantitative estimate of drug-likeness (QED) is 0.247. The first-order valence-electron chi connectivity index (χ1n) is 11.6. The zero-order chi connectivity index (χ0) is 23.9. The van der Waals surface area contributed by atoms with Gasteiger partial charge in [0, 0.05) is 12.7 Å². The van der Waals surface area contributed by atoms with Gasteiger partial charge in [0.2, 0.25) is 0 Å². The lowest BCUT2D eigenvalue weighted by molar-refractivity contribution is -0.154. The Labute approximate surface area is 197 Å². The summed E-state index contributed by atoms with van der Waals surface area (Å²) in [6, 6.07) is 9.39. The van der Waals surface area contributed by atoms with Crippen molar-refractivity contribution in [3.63, 3.8) is 0 Å². The lowest BCUT2D eigenvalue weighted by atomic mass is 9.95. The molecule has 0 aromatic heterocycles. The molecule has 0 aliphatic heterocycles. The summed E-state index contributed by atoms with van der Waals surface area (Å²) < 4.78 is 23.0. The summed E-state index contributed by atoms with van der Waals surface area (Å²) in [6.07, 6.45) is 13.4. The number of carboxylic acids is 1. The van der Waals surface area contributed by atoms with Crippen LogP contribution in [0.2, 0.25) is 0 Å². The second-order valence-electron chi connectivity index (χ2n) is 8.51. The summed E-state index contributed by atoms with van der Waals surface area (Å²) in [7, 11) is -2.43. The van der Waals surface area contributed by atoms with E-state index in [0.29, 0.717) is 31.5 Å². The van der Waals surface area contributed by atoms with Crippen molar-refractivity contribution >= 4 is 20.1 Å². The fourth-order valence-electron chi connectivity index (χ4n) is 3.58. The monoisotopic (exact) mass is 477 g/mol. The highest BCUT2D eigenvalue weighted by molar-refractivity contribution is 7.39. The molecule has 0 fully saturated rings. The van der Waals surface area contributed by atoms with Crippen molar-refractivity contribution < 1.29 is 28.5 Å². The van der Waals surface area contributed by atoms with Gasteiger partial charge in [0.1, 0.15) is 6.61 Å². The fourth-order valence-corrected chi connectivity index (χ4v) is 4.91. The van der Waals surface area contributed by atoms with E-state index in [2.05, 4.69) is 23.5 Å². The molecule has 7 nitrogen and oxygen atoms in total. The first-order chi connectivity index (χ1) is 15.9. The van der Waals surface area contributed by atoms with Crippen LogP contribution in [0.1, 0.15) is 57.4 Å². The summed E-state index contributed by atoms with van der Waals surface area (Å²) in [5.41, 5.74) is -0.582. The zero-order valence-corrected chi connectivity index (χ0v) is 20.3. The minimum atomic E-state index is -2.43. The third kappa shape index (κ3) is 10.9. The van der Waals surface area contributed by atoms with E-state index >= 15 is 0 Å². The Bertz CT molecular complexity index is 825. The number of carbonyl (C=O) groups is 2. The van der Waals surface area contributed by atoms with Crippen LogP contribution in [-0.2, 0) is 25.2 Å². The van der Waals surface area contributed by atoms with Crippen LogP contribution in [0.4, 0.5) is 4.79 Å². The van der Waals surface area contributed by atoms with Crippen molar-refractivity contribution in [3.05, 3.63) is 60.2 Å². The van der Waals surface area contributed by atoms with E-state index in [4.69, 9.17) is 9.26 Å². The maximum Gasteiger partial charge on any atom is 0.407 e. The highest BCUT2D eigenvalue weighted by atomic mass is 31.1. The number of alkyl carbamates (subject to hydrolysis) is 1. The van der Waals surface area contributed by atoms with Crippen molar-refractivity contribution in [2.45, 2.75) is 64.1 Å². The van der Waals surface area contributed by atoms with Crippen LogP contribution in [-0.4, -0.2) is 35.5 Å². The van der Waals surface area contributed by atoms with Gasteiger partial charge >= 0.3 is 12.1 Å². The minimum absolute atomic E-state index is 0.195. The van der Waals surface area contributed by atoms with Crippen molar-refractivity contribution in [2.75, 3.05) is 12.7 Å². The molecule has 1 aromatic rings. The summed E-state index contributed by atoms with van der Waals surface area (Å²) >= 11 is 0. The standard InChI is InChI=1S/C25H36NO6P/c1-25(23(27)28,32-33(30)19-11-8-14-21-12-4-2-5-13-21)17-9-10-18-26-24(29)31-20-22-15-6-3-7-16-22/h2-7,12,15-16,21,33H,8-11,13-14,17-20H2,1H3,(H,26,29)(H,27,28)/t21?,25-/m0/s1. The summed E-state index contributed by atoms with van der Waals surface area (Å²) in [6.45, 7) is 2.03. The molecule has 182 valence electrons. The molecule has 1 amide bonds. The van der Waals surface area contributed by atoms with Gasteiger partial charge in [-0.25, -0.2) is 9.59 Å². The lowest BCUT2D eigenvalue weighted by Crippen LogP contribution is -2.36. The van der Waals surface area contributed by atoms with Gasteiger partial charge in [-0.05, 0) is 56.9 Å². The number of aliphatic carboxylic acids is 1. The molecule has 0 heterocycles. The van der Waals surface area contributed by atoms with Gasteiger partial charge < -0.3 is 19.7 Å². The predicted molar refractivity (Wildman–Crippen MR) is 130 cm³/mol. The highest BCUT2D eigenvalue weighted by Crippen LogP contribution is 2.35. The summed E-state index contributed by atoms with van der Waals surface area (Å²) in [5, 5.41) is 12.3. The average molecular weight is 478 g/mol. The van der Waals surface area contributed by atoms with E-state index < -0.39 is 25.7 Å². The van der Waals surface area contributed by atoms with Crippen LogP contribution in [0, 0.1) is 5.92 Å². The molecular weight excluding hydrogens is 441 g/mol. The molecule has 3 atom stereocenters. The number of unbranched alkanes of at least 4 members (excludes halogenated alkanes) is 2. The van der Waals surface area contributed by atoms with Crippen LogP contribution in [0.3, 0.4) is 0 Å². The van der Waals surface area contributed by atoms with Crippen LogP contribution < -0.4 is 5.32 Å². The molecular formula is C25H36NO6P. The SMILES string of the molecule is C[C@@](CCCCNC(=O)OCc1ccccc1)(O[PH](=O)CCCCC1C=CC=CC1)C(=O)O. The Hall–Kier alpha value is -2.37. The van der Waals surface area contributed by atoms with Crippen LogP contribution in [0.5, 0.6) is 0 Å². The second-order valence-corrected chi connectivity index (χ2v) is 9.96. The number of benzene rings is 1. The lowest BCUT2D eigenvalue weighted by Gasteiger charge is -2.25. The first-order valence-corrected chi connectivity index (χ1v) is 13.1. The van der Waals surface area contributed by atoms with Gasteiger partial charge in [-0.2, -0.15) is 0 Å². The van der Waals surface area contributed by atoms with Gasteiger partial charge in [-0.1, -0.05) is 61.1 Å². The van der Waals surface area contributed by atoms with Crippen molar-refractivity contribution in [1.29, 1.82) is 0 Å². The molecule has 0 saturated heterocycles. The largest absolute Gasteiger partial charge is 0.479 e. The third-order valence-corrected chi connectivity index (χ3v) is 7.07. The molecule has 2 N–H and O–H groups in total. The number of nitrogens with one attached hydrogen (secondary N) is 1. The van der Waals surface area contributed by atoms with Gasteiger partial charge in [0.15, 0.2) is 13.6 Å². The number of allylic oxidation sites excluding steroid dienone is 4. The first kappa shape index (κ1) is 26.9. The number of amides is 1. The Morgan fingerprint density at radius 1 is 1.15 bits per heavy atom. The Kier molecular flexibility index (Phi) is 12.0. The number of rotatable bonds is 15. The maximum atomic E-state index is 12.4. The molecule has 0 bridgehead atoms. The molecule has 2 unspecified atom stereocenters. The number of hydrogen-bond donors (Lipinski definition) is 2. The molecule has 0 saturated carbocycles. The van der Waals surface area contributed by atoms with Crippen molar-refractivity contribution in [3.8, 4) is 0 Å². The second kappa shape index (κ2) is 14.7. The fraction of sp³-hybridized carbons (Fsp3) is 0.520. The zero-order valence-electron chi connectivity index (χ0n) is 19.3. The molecule has 33 heavy (non-hydrogen) atoms. The van der Waals surface area contributed by atoms with Crippen LogP contribution in [0.25, 0.3) is 0 Å². The van der Waals surface area contributed by atoms with Crippen molar-refractivity contribution in [1.82, 2.24) is 5.32 Å². The number of carboxylic acid groups (broad SMARTS) is 1. The van der Waals surface area contributed by atoms with Crippen LogP contribution in [0.15, 0.2) is 54.6 Å². The Morgan fingerprint density at radius 3 is 2.64 bits per heavy atom. The summed E-state index contributed by atoms with van der Waals surface area (Å²) in [5.74, 6) is -0.582. The van der Waals surface area contributed by atoms with E-state index in [-0.39, 0.29) is 13.0 Å². The molecule has 2 rings (SSSR count). The number of ether oxygens (including phenoxy) is 1. The van der Waals surface area contributed by atoms with Gasteiger partial charge in [0.05, 0.1) is 0 Å². The summed E-state index contributed by atoms with van der Waals surface area (Å²) in [4.78, 5) is 23.5. The average Bonchev–Trinajstić information content (AvgIpc) is 2.81. The minimum Gasteiger partial charge on any atom is -0.479 e. The smallest absolute Gasteiger partial charge is 0.407 e. The van der Waals surface area contributed by atoms with Gasteiger partial charge in [-0.3, -0.25) is 4.57 Å². The normalized spacial score (nSPS) is 17.8. The van der Waals surface area contributed by atoms with E-state index in [1.165, 1.54) is 6.92 Å². The number of carbonyl (C=O) groups excluding carboxylic acids is 1. The van der Waals surface area contributed by atoms with Gasteiger partial charge in [0.25, 0.3) is 0 Å². The molecule has 1 aliphatic carbocycles. The molecule has 0 radical (unpaired) electrons. The van der Waals surface area contributed by atoms with Crippen molar-refractivity contribution in [2.24, 2.45) is 5.92 Å². The maximum absolute atomic E-state index is 12.4. The van der Waals surface area contributed by atoms with Crippen LogP contribution >= 0.6 is 8.03 Å². The predicted octanol–water partition coefficient (Wildman–Crippen LogP) is 5.72. The highest BCUT2D eigenvalue weighted by Gasteiger charge is 2.35. The number of hydrogen-bond acceptors (Lipinski definition) is 5. The Balaban J connectivity index is 1.59. The topological polar surface area (TPSA) is 102 Å². The molecule has 0 spiro atoms. The molecule has 8 heteroatoms. The molecule has 1 aliphatic rings. The van der Waals surface area contributed by atoms with E-state index in [0.717, 1.165) is 31.2 Å². The van der Waals surface area contributed by atoms with E-state index in [1.54, 1.807) is 0 Å².